The maximum absolute atomic E-state index is 8.24. The van der Waals surface area contributed by atoms with Crippen molar-refractivity contribution < 1.29 is 5.11 Å². The average molecular weight is 130 g/mol. The second-order valence-corrected chi connectivity index (χ2v) is 1.91. The molecule has 0 saturated carbocycles. The van der Waals surface area contributed by atoms with Gasteiger partial charge in [0.2, 0.25) is 0 Å². The van der Waals surface area contributed by atoms with E-state index < -0.39 is 0 Å². The predicted octanol–water partition coefficient (Wildman–Crippen LogP) is 0.109. The van der Waals surface area contributed by atoms with Crippen LogP contribution in [-0.4, -0.2) is 49.5 Å². The van der Waals surface area contributed by atoms with Gasteiger partial charge in [0.25, 0.3) is 0 Å². The van der Waals surface area contributed by atoms with Gasteiger partial charge < -0.3 is 5.11 Å². The molecule has 0 rings (SSSR count). The van der Waals surface area contributed by atoms with Crippen molar-refractivity contribution in [2.24, 2.45) is 5.92 Å². The van der Waals surface area contributed by atoms with Gasteiger partial charge in [-0.1, -0.05) is 13.8 Å². The molecule has 0 atom stereocenters. The van der Waals surface area contributed by atoms with Gasteiger partial charge in [-0.25, -0.2) is 0 Å². The topological polar surface area (TPSA) is 20.2 Å². The molecule has 0 fully saturated rings. The molecule has 0 aliphatic heterocycles. The van der Waals surface area contributed by atoms with Gasteiger partial charge in [-0.3, -0.25) is 0 Å². The third-order valence-electron chi connectivity index (χ3n) is 0.706. The Bertz CT molecular complexity index is 29.3. The maximum atomic E-state index is 8.24. The van der Waals surface area contributed by atoms with E-state index in [0.29, 0.717) is 12.5 Å². The molecule has 7 heavy (non-hydrogen) atoms. The fraction of sp³-hybridized carbons (Fsp3) is 1.00. The summed E-state index contributed by atoms with van der Waals surface area (Å²) in [6.45, 7) is 4.52. The van der Waals surface area contributed by atoms with Crippen molar-refractivity contribution in [3.8, 4) is 0 Å². The monoisotopic (exact) mass is 130 g/mol. The van der Waals surface area contributed by atoms with Gasteiger partial charge in [0.05, 0.1) is 0 Å². The Morgan fingerprint density at radius 2 is 1.86 bits per heavy atom. The molecule has 0 amide bonds. The normalized spacial score (nSPS) is 8.57. The molecule has 0 aromatic heterocycles. The van der Waals surface area contributed by atoms with Crippen molar-refractivity contribution in [1.82, 2.24) is 0 Å². The van der Waals surface area contributed by atoms with E-state index in [0.717, 1.165) is 6.42 Å². The Kier molecular flexibility index (Phi) is 11.4. The first-order valence-corrected chi connectivity index (χ1v) is 2.38. The van der Waals surface area contributed by atoms with Crippen molar-refractivity contribution in [2.45, 2.75) is 20.3 Å². The second-order valence-electron chi connectivity index (χ2n) is 1.91. The van der Waals surface area contributed by atoms with E-state index in [1.54, 1.807) is 0 Å². The summed E-state index contributed by atoms with van der Waals surface area (Å²) < 4.78 is 0. The van der Waals surface area contributed by atoms with E-state index in [-0.39, 0.29) is 37.7 Å². The fourth-order valence-corrected chi connectivity index (χ4v) is 0.258. The SMILES string of the molecule is CC(C)CCO.[CaH2]. The van der Waals surface area contributed by atoms with Gasteiger partial charge >= 0.3 is 37.7 Å². The Morgan fingerprint density at radius 3 is 1.86 bits per heavy atom. The van der Waals surface area contributed by atoms with Crippen LogP contribution in [0.15, 0.2) is 0 Å². The predicted molar refractivity (Wildman–Crippen MR) is 35.1 cm³/mol. The molecule has 0 radical (unpaired) electrons. The van der Waals surface area contributed by atoms with E-state index in [9.17, 15) is 0 Å². The van der Waals surface area contributed by atoms with E-state index in [2.05, 4.69) is 13.8 Å². The minimum absolute atomic E-state index is 0. The third kappa shape index (κ3) is 11.0. The van der Waals surface area contributed by atoms with E-state index in [1.807, 2.05) is 0 Å². The number of hydrogen-bond acceptors (Lipinski definition) is 1. The summed E-state index contributed by atoms with van der Waals surface area (Å²) in [7, 11) is 0. The first-order chi connectivity index (χ1) is 2.77. The molecule has 0 aliphatic rings. The zero-order chi connectivity index (χ0) is 4.99. The fourth-order valence-electron chi connectivity index (χ4n) is 0.258. The van der Waals surface area contributed by atoms with Gasteiger partial charge in [-0.05, 0) is 12.3 Å². The van der Waals surface area contributed by atoms with Crippen molar-refractivity contribution in [3.63, 3.8) is 0 Å². The first-order valence-electron chi connectivity index (χ1n) is 2.38. The molecule has 1 nitrogen and oxygen atoms in total. The van der Waals surface area contributed by atoms with Gasteiger partial charge in [-0.15, -0.1) is 0 Å². The summed E-state index contributed by atoms with van der Waals surface area (Å²) in [4.78, 5) is 0. The molecule has 0 bridgehead atoms. The number of aliphatic hydroxyl groups is 1. The molecule has 0 unspecified atom stereocenters. The van der Waals surface area contributed by atoms with Crippen LogP contribution in [0.5, 0.6) is 0 Å². The summed E-state index contributed by atoms with van der Waals surface area (Å²) >= 11 is 0. The summed E-state index contributed by atoms with van der Waals surface area (Å²) in [5.41, 5.74) is 0. The molecule has 0 aromatic carbocycles. The molecule has 42 valence electrons. The van der Waals surface area contributed by atoms with E-state index >= 15 is 0 Å². The van der Waals surface area contributed by atoms with Crippen LogP contribution in [0.1, 0.15) is 20.3 Å². The average Bonchev–Trinajstić information content (AvgIpc) is 1.35. The van der Waals surface area contributed by atoms with Crippen LogP contribution in [0.4, 0.5) is 0 Å². The van der Waals surface area contributed by atoms with Crippen molar-refractivity contribution in [1.29, 1.82) is 0 Å². The van der Waals surface area contributed by atoms with Gasteiger partial charge in [-0.2, -0.15) is 0 Å². The first kappa shape index (κ1) is 11.1. The number of aliphatic hydroxyl groups excluding tert-OH is 1. The second kappa shape index (κ2) is 7.22. The third-order valence-corrected chi connectivity index (χ3v) is 0.706. The zero-order valence-corrected chi connectivity index (χ0v) is 4.44. The van der Waals surface area contributed by atoms with Crippen LogP contribution >= 0.6 is 0 Å². The van der Waals surface area contributed by atoms with E-state index in [1.165, 1.54) is 0 Å². The van der Waals surface area contributed by atoms with Gasteiger partial charge in [0.1, 0.15) is 0 Å². The molecule has 0 saturated heterocycles. The van der Waals surface area contributed by atoms with Crippen LogP contribution in [-0.2, 0) is 0 Å². The van der Waals surface area contributed by atoms with Crippen LogP contribution in [0, 0.1) is 5.92 Å². The summed E-state index contributed by atoms with van der Waals surface area (Å²) in [5.74, 6) is 0.648. The molecule has 0 spiro atoms. The van der Waals surface area contributed by atoms with Crippen molar-refractivity contribution in [3.05, 3.63) is 0 Å². The van der Waals surface area contributed by atoms with Crippen LogP contribution in [0.3, 0.4) is 0 Å². The number of hydrogen-bond donors (Lipinski definition) is 1. The van der Waals surface area contributed by atoms with Crippen LogP contribution in [0.25, 0.3) is 0 Å². The van der Waals surface area contributed by atoms with Crippen LogP contribution in [0.2, 0.25) is 0 Å². The van der Waals surface area contributed by atoms with Gasteiger partial charge in [0, 0.05) is 6.61 Å². The number of rotatable bonds is 2. The standard InChI is InChI=1S/C5H12O.Ca.2H/c1-5(2)3-4-6;;;/h5-6H,3-4H2,1-2H3;;;. The Morgan fingerprint density at radius 1 is 1.43 bits per heavy atom. The quantitative estimate of drug-likeness (QED) is 0.526. The Labute approximate surface area is 75.1 Å². The van der Waals surface area contributed by atoms with E-state index in [4.69, 9.17) is 5.11 Å². The summed E-state index contributed by atoms with van der Waals surface area (Å²) in [5, 5.41) is 8.24. The summed E-state index contributed by atoms with van der Waals surface area (Å²) in [6, 6.07) is 0. The van der Waals surface area contributed by atoms with Crippen molar-refractivity contribution in [2.75, 3.05) is 6.61 Å². The van der Waals surface area contributed by atoms with Gasteiger partial charge in [0.15, 0.2) is 0 Å². The Balaban J connectivity index is 0. The molecule has 0 aromatic rings. The molecule has 0 heterocycles. The van der Waals surface area contributed by atoms with Crippen molar-refractivity contribution >= 4 is 37.7 Å². The molecule has 1 N–H and O–H groups in total. The van der Waals surface area contributed by atoms with Crippen LogP contribution < -0.4 is 0 Å². The molecule has 2 heteroatoms. The molecular formula is C5H14CaO. The zero-order valence-electron chi connectivity index (χ0n) is 4.44. The summed E-state index contributed by atoms with van der Waals surface area (Å²) in [6.07, 6.45) is 0.931. The molecular weight excluding hydrogens is 116 g/mol. The Hall–Kier alpha value is 1.22. The minimum atomic E-state index is 0. The molecule has 0 aliphatic carbocycles.